The zero-order valence-electron chi connectivity index (χ0n) is 10.9. The van der Waals surface area contributed by atoms with Gasteiger partial charge < -0.3 is 5.32 Å². The molecule has 0 aromatic carbocycles. The molecule has 1 saturated carbocycles. The van der Waals surface area contributed by atoms with Crippen LogP contribution in [-0.2, 0) is 10.2 Å². The second-order valence-electron chi connectivity index (χ2n) is 4.82. The normalized spacial score (nSPS) is 19.5. The zero-order valence-corrected chi connectivity index (χ0v) is 11.7. The third kappa shape index (κ3) is 5.81. The SMILES string of the molecule is CN(C)S(=O)(=O)NCCNC1CCCCCC1. The Labute approximate surface area is 105 Å². The molecule has 5 nitrogen and oxygen atoms in total. The summed E-state index contributed by atoms with van der Waals surface area (Å²) < 4.78 is 26.6. The van der Waals surface area contributed by atoms with E-state index in [-0.39, 0.29) is 0 Å². The maximum atomic E-state index is 11.4. The van der Waals surface area contributed by atoms with Crippen molar-refractivity contribution >= 4 is 10.2 Å². The summed E-state index contributed by atoms with van der Waals surface area (Å²) in [5.41, 5.74) is 0. The molecule has 0 unspecified atom stereocenters. The van der Waals surface area contributed by atoms with E-state index in [1.165, 1.54) is 56.9 Å². The number of nitrogens with one attached hydrogen (secondary N) is 2. The molecule has 0 atom stereocenters. The molecule has 1 aliphatic carbocycles. The summed E-state index contributed by atoms with van der Waals surface area (Å²) in [6, 6.07) is 0.571. The van der Waals surface area contributed by atoms with Crippen molar-refractivity contribution in [1.29, 1.82) is 0 Å². The summed E-state index contributed by atoms with van der Waals surface area (Å²) >= 11 is 0. The molecule has 0 radical (unpaired) electrons. The summed E-state index contributed by atoms with van der Waals surface area (Å²) in [4.78, 5) is 0. The molecular formula is C11H25N3O2S. The zero-order chi connectivity index (χ0) is 12.7. The van der Waals surface area contributed by atoms with Crippen LogP contribution >= 0.6 is 0 Å². The van der Waals surface area contributed by atoms with Gasteiger partial charge in [-0.1, -0.05) is 25.7 Å². The summed E-state index contributed by atoms with van der Waals surface area (Å²) in [6.45, 7) is 1.16. The quantitative estimate of drug-likeness (QED) is 0.547. The summed E-state index contributed by atoms with van der Waals surface area (Å²) in [7, 11) is -0.207. The first-order valence-electron chi connectivity index (χ1n) is 6.43. The molecule has 0 amide bonds. The fourth-order valence-corrected chi connectivity index (χ4v) is 2.69. The lowest BCUT2D eigenvalue weighted by Gasteiger charge is -2.17. The van der Waals surface area contributed by atoms with Crippen LogP contribution < -0.4 is 10.0 Å². The molecule has 0 aliphatic heterocycles. The van der Waals surface area contributed by atoms with Gasteiger partial charge in [-0.15, -0.1) is 0 Å². The first-order valence-corrected chi connectivity index (χ1v) is 7.87. The molecule has 0 spiro atoms. The second kappa shape index (κ2) is 7.31. The standard InChI is InChI=1S/C11H25N3O2S/c1-14(2)17(15,16)13-10-9-12-11-7-5-3-4-6-8-11/h11-13H,3-10H2,1-2H3. The van der Waals surface area contributed by atoms with E-state index in [0.29, 0.717) is 19.1 Å². The predicted octanol–water partition coefficient (Wildman–Crippen LogP) is 0.695. The molecule has 1 rings (SSSR count). The molecule has 17 heavy (non-hydrogen) atoms. The van der Waals surface area contributed by atoms with E-state index in [4.69, 9.17) is 0 Å². The van der Waals surface area contributed by atoms with Crippen LogP contribution in [0.15, 0.2) is 0 Å². The molecule has 2 N–H and O–H groups in total. The highest BCUT2D eigenvalue weighted by molar-refractivity contribution is 7.87. The fraction of sp³-hybridized carbons (Fsp3) is 1.00. The first kappa shape index (κ1) is 14.9. The van der Waals surface area contributed by atoms with Gasteiger partial charge in [-0.3, -0.25) is 0 Å². The number of nitrogens with zero attached hydrogens (tertiary/aromatic N) is 1. The minimum atomic E-state index is -3.27. The van der Waals surface area contributed by atoms with Crippen LogP contribution in [0.3, 0.4) is 0 Å². The first-order chi connectivity index (χ1) is 8.02. The van der Waals surface area contributed by atoms with Gasteiger partial charge in [-0.05, 0) is 12.8 Å². The Morgan fingerprint density at radius 1 is 1.06 bits per heavy atom. The molecular weight excluding hydrogens is 238 g/mol. The second-order valence-corrected chi connectivity index (χ2v) is 6.79. The van der Waals surface area contributed by atoms with Crippen molar-refractivity contribution in [1.82, 2.24) is 14.3 Å². The van der Waals surface area contributed by atoms with Crippen molar-refractivity contribution in [2.24, 2.45) is 0 Å². The number of hydrogen-bond donors (Lipinski definition) is 2. The van der Waals surface area contributed by atoms with E-state index in [9.17, 15) is 8.42 Å². The molecule has 1 aliphatic rings. The molecule has 0 heterocycles. The monoisotopic (exact) mass is 263 g/mol. The predicted molar refractivity (Wildman–Crippen MR) is 70.1 cm³/mol. The minimum absolute atomic E-state index is 0.455. The molecule has 0 saturated heterocycles. The lowest BCUT2D eigenvalue weighted by molar-refractivity contribution is 0.456. The van der Waals surface area contributed by atoms with E-state index in [1.807, 2.05) is 0 Å². The molecule has 0 bridgehead atoms. The van der Waals surface area contributed by atoms with E-state index in [0.717, 1.165) is 0 Å². The van der Waals surface area contributed by atoms with Gasteiger partial charge in [-0.25, -0.2) is 4.72 Å². The summed E-state index contributed by atoms with van der Waals surface area (Å²) in [5.74, 6) is 0. The van der Waals surface area contributed by atoms with E-state index in [2.05, 4.69) is 10.0 Å². The maximum absolute atomic E-state index is 11.4. The molecule has 0 aromatic rings. The number of rotatable bonds is 6. The van der Waals surface area contributed by atoms with E-state index in [1.54, 1.807) is 0 Å². The Balaban J connectivity index is 2.15. The van der Waals surface area contributed by atoms with Gasteiger partial charge >= 0.3 is 0 Å². The fourth-order valence-electron chi connectivity index (χ4n) is 2.07. The smallest absolute Gasteiger partial charge is 0.278 e. The van der Waals surface area contributed by atoms with Crippen molar-refractivity contribution in [3.8, 4) is 0 Å². The van der Waals surface area contributed by atoms with Gasteiger partial charge in [0.1, 0.15) is 0 Å². The average molecular weight is 263 g/mol. The van der Waals surface area contributed by atoms with Crippen LogP contribution in [-0.4, -0.2) is 45.9 Å². The largest absolute Gasteiger partial charge is 0.313 e. The van der Waals surface area contributed by atoms with Crippen molar-refractivity contribution < 1.29 is 8.42 Å². The Hall–Kier alpha value is -0.170. The van der Waals surface area contributed by atoms with Gasteiger partial charge in [-0.2, -0.15) is 12.7 Å². The van der Waals surface area contributed by atoms with Crippen LogP contribution in [0.1, 0.15) is 38.5 Å². The van der Waals surface area contributed by atoms with Crippen LogP contribution in [0.4, 0.5) is 0 Å². The number of hydrogen-bond acceptors (Lipinski definition) is 3. The van der Waals surface area contributed by atoms with Crippen molar-refractivity contribution in [2.75, 3.05) is 27.2 Å². The van der Waals surface area contributed by atoms with E-state index < -0.39 is 10.2 Å². The Kier molecular flexibility index (Phi) is 6.40. The Morgan fingerprint density at radius 3 is 2.18 bits per heavy atom. The highest BCUT2D eigenvalue weighted by atomic mass is 32.2. The lowest BCUT2D eigenvalue weighted by atomic mass is 10.1. The molecule has 0 aromatic heterocycles. The third-order valence-electron chi connectivity index (χ3n) is 3.18. The van der Waals surface area contributed by atoms with E-state index >= 15 is 0 Å². The highest BCUT2D eigenvalue weighted by Crippen LogP contribution is 2.16. The Morgan fingerprint density at radius 2 is 1.65 bits per heavy atom. The lowest BCUT2D eigenvalue weighted by Crippen LogP contribution is -2.41. The van der Waals surface area contributed by atoms with Crippen LogP contribution in [0.25, 0.3) is 0 Å². The van der Waals surface area contributed by atoms with Crippen LogP contribution in [0.5, 0.6) is 0 Å². The topological polar surface area (TPSA) is 61.4 Å². The molecule has 1 fully saturated rings. The molecule has 102 valence electrons. The highest BCUT2D eigenvalue weighted by Gasteiger charge is 2.13. The van der Waals surface area contributed by atoms with Crippen molar-refractivity contribution in [3.05, 3.63) is 0 Å². The molecule has 6 heteroatoms. The Bertz CT molecular complexity index is 296. The maximum Gasteiger partial charge on any atom is 0.278 e. The average Bonchev–Trinajstić information content (AvgIpc) is 2.52. The minimum Gasteiger partial charge on any atom is -0.313 e. The van der Waals surface area contributed by atoms with Crippen LogP contribution in [0, 0.1) is 0 Å². The van der Waals surface area contributed by atoms with Gasteiger partial charge in [0.15, 0.2) is 0 Å². The van der Waals surface area contributed by atoms with Crippen LogP contribution in [0.2, 0.25) is 0 Å². The summed E-state index contributed by atoms with van der Waals surface area (Å²) in [6.07, 6.45) is 7.71. The van der Waals surface area contributed by atoms with Crippen molar-refractivity contribution in [2.45, 2.75) is 44.6 Å². The third-order valence-corrected chi connectivity index (χ3v) is 4.71. The van der Waals surface area contributed by atoms with Gasteiger partial charge in [0.25, 0.3) is 10.2 Å². The summed E-state index contributed by atoms with van der Waals surface area (Å²) in [5, 5.41) is 3.43. The van der Waals surface area contributed by atoms with Crippen molar-refractivity contribution in [3.63, 3.8) is 0 Å². The van der Waals surface area contributed by atoms with Gasteiger partial charge in [0.05, 0.1) is 0 Å². The van der Waals surface area contributed by atoms with Gasteiger partial charge in [0, 0.05) is 33.2 Å². The van der Waals surface area contributed by atoms with Gasteiger partial charge in [0.2, 0.25) is 0 Å².